The largest absolute Gasteiger partial charge is 0.465 e. The van der Waals surface area contributed by atoms with Gasteiger partial charge in [-0.25, -0.2) is 4.79 Å². The molecule has 6 nitrogen and oxygen atoms in total. The van der Waals surface area contributed by atoms with Crippen LogP contribution in [0, 0.1) is 5.92 Å². The van der Waals surface area contributed by atoms with Crippen molar-refractivity contribution in [3.8, 4) is 0 Å². The third-order valence-electron chi connectivity index (χ3n) is 4.33. The summed E-state index contributed by atoms with van der Waals surface area (Å²) in [6.07, 6.45) is 8.79. The van der Waals surface area contributed by atoms with Gasteiger partial charge < -0.3 is 14.4 Å². The van der Waals surface area contributed by atoms with Crippen LogP contribution < -0.4 is 0 Å². The van der Waals surface area contributed by atoms with Gasteiger partial charge >= 0.3 is 12.1 Å². The van der Waals surface area contributed by atoms with Crippen LogP contribution in [0.5, 0.6) is 0 Å². The molecule has 0 saturated carbocycles. The molecule has 0 N–H and O–H groups in total. The molecule has 0 bridgehead atoms. The van der Waals surface area contributed by atoms with E-state index in [-0.39, 0.29) is 18.5 Å². The molecule has 0 radical (unpaired) electrons. The number of hydrogen-bond acceptors (Lipinski definition) is 5. The Morgan fingerprint density at radius 2 is 1.93 bits per heavy atom. The van der Waals surface area contributed by atoms with Crippen LogP contribution in [0.3, 0.4) is 0 Å². The molecule has 1 aliphatic heterocycles. The molecular weight excluding hydrogens is 344 g/mol. The fourth-order valence-corrected chi connectivity index (χ4v) is 2.88. The van der Waals surface area contributed by atoms with Gasteiger partial charge in [-0.05, 0) is 64.0 Å². The third-order valence-corrected chi connectivity index (χ3v) is 4.33. The predicted molar refractivity (Wildman–Crippen MR) is 108 cm³/mol. The van der Waals surface area contributed by atoms with Crippen LogP contribution in [0.4, 0.5) is 4.79 Å². The van der Waals surface area contributed by atoms with Crippen molar-refractivity contribution in [2.45, 2.75) is 58.5 Å². The molecule has 0 aromatic rings. The maximum Gasteiger partial charge on any atom is 0.410 e. The number of amides is 1. The molecule has 27 heavy (non-hydrogen) atoms. The molecule has 0 unspecified atom stereocenters. The number of ether oxygens (including phenoxy) is 2. The normalized spacial score (nSPS) is 16.4. The fraction of sp³-hybridized carbons (Fsp3) is 0.667. The van der Waals surface area contributed by atoms with Gasteiger partial charge in [-0.1, -0.05) is 12.7 Å². The molecule has 1 amide bonds. The lowest BCUT2D eigenvalue weighted by molar-refractivity contribution is -0.142. The summed E-state index contributed by atoms with van der Waals surface area (Å²) in [6.45, 7) is 11.2. The number of carbonyl (C=O) groups excluding carboxylic acids is 2. The first kappa shape index (κ1) is 22.9. The minimum atomic E-state index is -0.457. The van der Waals surface area contributed by atoms with Crippen molar-refractivity contribution in [2.24, 2.45) is 10.9 Å². The van der Waals surface area contributed by atoms with E-state index in [0.717, 1.165) is 44.3 Å². The number of rotatable bonds is 8. The average Bonchev–Trinajstić information content (AvgIpc) is 2.61. The second-order valence-electron chi connectivity index (χ2n) is 7.80. The van der Waals surface area contributed by atoms with Crippen molar-refractivity contribution < 1.29 is 19.1 Å². The lowest BCUT2D eigenvalue weighted by Crippen LogP contribution is -2.41. The molecule has 1 fully saturated rings. The zero-order valence-corrected chi connectivity index (χ0v) is 17.2. The summed E-state index contributed by atoms with van der Waals surface area (Å²) in [5.41, 5.74) is 0.335. The highest BCUT2D eigenvalue weighted by molar-refractivity contribution is 5.78. The number of nitrogens with zero attached hydrogens (tertiary/aromatic N) is 2. The van der Waals surface area contributed by atoms with Crippen LogP contribution in [0.25, 0.3) is 0 Å². The second-order valence-corrected chi connectivity index (χ2v) is 7.80. The van der Waals surface area contributed by atoms with Gasteiger partial charge in [0.1, 0.15) is 5.60 Å². The highest BCUT2D eigenvalue weighted by Crippen LogP contribution is 2.23. The number of allylic oxidation sites excluding steroid dienone is 2. The van der Waals surface area contributed by atoms with E-state index in [1.807, 2.05) is 20.8 Å². The van der Waals surface area contributed by atoms with Crippen molar-refractivity contribution >= 4 is 18.3 Å². The second kappa shape index (κ2) is 11.6. The summed E-state index contributed by atoms with van der Waals surface area (Å²) in [4.78, 5) is 29.5. The molecule has 1 aliphatic rings. The highest BCUT2D eigenvalue weighted by atomic mass is 16.6. The van der Waals surface area contributed by atoms with E-state index < -0.39 is 5.60 Å². The van der Waals surface area contributed by atoms with Crippen molar-refractivity contribution in [1.82, 2.24) is 4.90 Å². The smallest absolute Gasteiger partial charge is 0.410 e. The topological polar surface area (TPSA) is 68.2 Å². The van der Waals surface area contributed by atoms with Gasteiger partial charge in [0.25, 0.3) is 0 Å². The SMILES string of the molecule is C=C/C(=C\C=NC)CC(=O)OCCCC1CCN(C(=O)OC(C)(C)C)CC1. The maximum absolute atomic E-state index is 12.1. The van der Waals surface area contributed by atoms with Crippen LogP contribution in [0.1, 0.15) is 52.9 Å². The lowest BCUT2D eigenvalue weighted by atomic mass is 9.92. The van der Waals surface area contributed by atoms with Gasteiger partial charge in [0.2, 0.25) is 0 Å². The summed E-state index contributed by atoms with van der Waals surface area (Å²) in [7, 11) is 1.67. The first-order valence-electron chi connectivity index (χ1n) is 9.62. The van der Waals surface area contributed by atoms with Gasteiger partial charge in [-0.15, -0.1) is 0 Å². The number of likely N-dealkylation sites (tertiary alicyclic amines) is 1. The summed E-state index contributed by atoms with van der Waals surface area (Å²) in [5.74, 6) is 0.317. The minimum absolute atomic E-state index is 0.212. The Morgan fingerprint density at radius 3 is 2.48 bits per heavy atom. The Balaban J connectivity index is 2.21. The van der Waals surface area contributed by atoms with Gasteiger partial charge in [-0.2, -0.15) is 0 Å². The zero-order valence-electron chi connectivity index (χ0n) is 17.2. The molecule has 6 heteroatoms. The molecule has 0 spiro atoms. The van der Waals surface area contributed by atoms with Crippen LogP contribution in [0.2, 0.25) is 0 Å². The van der Waals surface area contributed by atoms with Gasteiger partial charge in [0, 0.05) is 26.4 Å². The minimum Gasteiger partial charge on any atom is -0.465 e. The van der Waals surface area contributed by atoms with Crippen molar-refractivity contribution in [3.63, 3.8) is 0 Å². The lowest BCUT2D eigenvalue weighted by Gasteiger charge is -2.33. The number of aliphatic imine (C=N–C) groups is 1. The molecule has 0 aromatic heterocycles. The fourth-order valence-electron chi connectivity index (χ4n) is 2.88. The van der Waals surface area contributed by atoms with Crippen LogP contribution in [-0.2, 0) is 14.3 Å². The number of hydrogen-bond donors (Lipinski definition) is 0. The third kappa shape index (κ3) is 9.97. The monoisotopic (exact) mass is 378 g/mol. The average molecular weight is 379 g/mol. The molecule has 1 saturated heterocycles. The first-order valence-corrected chi connectivity index (χ1v) is 9.62. The van der Waals surface area contributed by atoms with Gasteiger partial charge in [0.15, 0.2) is 0 Å². The van der Waals surface area contributed by atoms with Crippen molar-refractivity contribution in [1.29, 1.82) is 0 Å². The van der Waals surface area contributed by atoms with Crippen molar-refractivity contribution in [2.75, 3.05) is 26.7 Å². The van der Waals surface area contributed by atoms with E-state index in [0.29, 0.717) is 12.5 Å². The van der Waals surface area contributed by atoms with Crippen LogP contribution in [-0.4, -0.2) is 55.5 Å². The number of carbonyl (C=O) groups is 2. The molecule has 0 aliphatic carbocycles. The first-order chi connectivity index (χ1) is 12.7. The summed E-state index contributed by atoms with van der Waals surface area (Å²) < 4.78 is 10.7. The van der Waals surface area contributed by atoms with E-state index in [9.17, 15) is 9.59 Å². The Bertz CT molecular complexity index is 553. The molecule has 152 valence electrons. The van der Waals surface area contributed by atoms with E-state index in [4.69, 9.17) is 9.47 Å². The molecule has 1 rings (SSSR count). The Morgan fingerprint density at radius 1 is 1.26 bits per heavy atom. The van der Waals surface area contributed by atoms with Gasteiger partial charge in [-0.3, -0.25) is 9.79 Å². The number of esters is 1. The Kier molecular flexibility index (Phi) is 9.83. The van der Waals surface area contributed by atoms with E-state index in [2.05, 4.69) is 11.6 Å². The molecular formula is C21H34N2O4. The maximum atomic E-state index is 12.1. The van der Waals surface area contributed by atoms with E-state index in [1.54, 1.807) is 30.3 Å². The highest BCUT2D eigenvalue weighted by Gasteiger charge is 2.26. The van der Waals surface area contributed by atoms with E-state index in [1.165, 1.54) is 0 Å². The van der Waals surface area contributed by atoms with Crippen LogP contribution in [0.15, 0.2) is 29.3 Å². The number of piperidine rings is 1. The predicted octanol–water partition coefficient (Wildman–Crippen LogP) is 4.16. The molecule has 0 aromatic carbocycles. The summed E-state index contributed by atoms with van der Waals surface area (Å²) >= 11 is 0. The summed E-state index contributed by atoms with van der Waals surface area (Å²) in [5, 5.41) is 0. The summed E-state index contributed by atoms with van der Waals surface area (Å²) in [6, 6.07) is 0. The van der Waals surface area contributed by atoms with E-state index >= 15 is 0 Å². The zero-order chi connectivity index (χ0) is 20.3. The standard InChI is InChI=1S/C21H34N2O4/c1-6-17(9-12-22-5)16-19(24)26-15-7-8-18-10-13-23(14-11-18)20(25)27-21(2,3)4/h6,9,12,18H,1,7-8,10-11,13-16H2,2-5H3/b17-9+,22-12?. The Hall–Kier alpha value is -2.11. The molecule has 1 heterocycles. The van der Waals surface area contributed by atoms with Crippen molar-refractivity contribution in [3.05, 3.63) is 24.3 Å². The molecule has 0 atom stereocenters. The van der Waals surface area contributed by atoms with Gasteiger partial charge in [0.05, 0.1) is 13.0 Å². The van der Waals surface area contributed by atoms with Crippen LogP contribution >= 0.6 is 0 Å². The quantitative estimate of drug-likeness (QED) is 0.275. The Labute approximate surface area is 163 Å².